The van der Waals surface area contributed by atoms with Gasteiger partial charge in [0.15, 0.2) is 5.82 Å². The van der Waals surface area contributed by atoms with Gasteiger partial charge >= 0.3 is 0 Å². The molecule has 0 amide bonds. The fraction of sp³-hybridized carbons (Fsp3) is 0.115. The van der Waals surface area contributed by atoms with E-state index >= 15 is 0 Å². The quantitative estimate of drug-likeness (QED) is 0.179. The van der Waals surface area contributed by atoms with Crippen molar-refractivity contribution in [2.75, 3.05) is 0 Å². The van der Waals surface area contributed by atoms with E-state index in [-0.39, 0.29) is 5.41 Å². The van der Waals surface area contributed by atoms with Gasteiger partial charge in [0.2, 0.25) is 0 Å². The van der Waals surface area contributed by atoms with Gasteiger partial charge in [-0.3, -0.25) is 0 Å². The largest absolute Gasteiger partial charge is 0.456 e. The average molecular weight is 707 g/mol. The van der Waals surface area contributed by atoms with E-state index in [1.165, 1.54) is 76.6 Å². The summed E-state index contributed by atoms with van der Waals surface area (Å²) in [5, 5.41) is 2.21. The summed E-state index contributed by atoms with van der Waals surface area (Å²) in [6, 6.07) is 60.8. The van der Waals surface area contributed by atoms with E-state index in [1.54, 1.807) is 0 Å². The summed E-state index contributed by atoms with van der Waals surface area (Å²) < 4.78 is 6.49. The Hall–Kier alpha value is -6.58. The van der Waals surface area contributed by atoms with Crippen LogP contribution in [0.5, 0.6) is 0 Å². The van der Waals surface area contributed by atoms with E-state index in [2.05, 4.69) is 146 Å². The third-order valence-corrected chi connectivity index (χ3v) is 12.1. The number of fused-ring (bicyclic) bond motifs is 8. The second-order valence-electron chi connectivity index (χ2n) is 15.2. The van der Waals surface area contributed by atoms with Gasteiger partial charge in [-0.2, -0.15) is 0 Å². The molecule has 2 aliphatic rings. The van der Waals surface area contributed by atoms with E-state index in [9.17, 15) is 0 Å². The maximum atomic E-state index is 6.49. The number of furan rings is 1. The van der Waals surface area contributed by atoms with Crippen LogP contribution in [-0.4, -0.2) is 9.97 Å². The Morgan fingerprint density at radius 2 is 0.945 bits per heavy atom. The lowest BCUT2D eigenvalue weighted by Crippen LogP contribution is -2.28. The summed E-state index contributed by atoms with van der Waals surface area (Å²) in [5.41, 5.74) is 17.5. The molecule has 11 rings (SSSR count). The lowest BCUT2D eigenvalue weighted by atomic mass is 9.66. The van der Waals surface area contributed by atoms with Gasteiger partial charge in [0, 0.05) is 32.9 Å². The van der Waals surface area contributed by atoms with Crippen molar-refractivity contribution in [3.63, 3.8) is 0 Å². The number of aromatic nitrogens is 2. The number of rotatable bonds is 5. The molecule has 0 atom stereocenters. The van der Waals surface area contributed by atoms with Crippen LogP contribution < -0.4 is 0 Å². The van der Waals surface area contributed by atoms with Crippen LogP contribution in [-0.2, 0) is 5.41 Å². The summed E-state index contributed by atoms with van der Waals surface area (Å²) in [5.74, 6) is 0.704. The Bertz CT molecular complexity index is 2880. The van der Waals surface area contributed by atoms with Gasteiger partial charge in [0.1, 0.15) is 11.2 Å². The minimum atomic E-state index is 0.0738. The Morgan fingerprint density at radius 1 is 0.400 bits per heavy atom. The highest BCUT2D eigenvalue weighted by molar-refractivity contribution is 6.08. The molecule has 262 valence electrons. The molecule has 1 spiro atoms. The van der Waals surface area contributed by atoms with Gasteiger partial charge in [-0.15, -0.1) is 0 Å². The van der Waals surface area contributed by atoms with Gasteiger partial charge in [-0.1, -0.05) is 153 Å². The van der Waals surface area contributed by atoms with Crippen molar-refractivity contribution in [2.45, 2.75) is 37.5 Å². The van der Waals surface area contributed by atoms with Crippen LogP contribution in [0.1, 0.15) is 43.2 Å². The molecule has 0 saturated heterocycles. The zero-order valence-corrected chi connectivity index (χ0v) is 30.5. The van der Waals surface area contributed by atoms with Crippen LogP contribution >= 0.6 is 0 Å². The zero-order chi connectivity index (χ0) is 36.3. The monoisotopic (exact) mass is 706 g/mol. The number of hydrogen-bond acceptors (Lipinski definition) is 3. The molecule has 3 heteroatoms. The smallest absolute Gasteiger partial charge is 0.160 e. The van der Waals surface area contributed by atoms with Crippen LogP contribution in [0, 0.1) is 0 Å². The van der Waals surface area contributed by atoms with Crippen LogP contribution in [0.15, 0.2) is 174 Å². The molecule has 2 heterocycles. The zero-order valence-electron chi connectivity index (χ0n) is 30.5. The molecule has 9 aromatic rings. The van der Waals surface area contributed by atoms with Crippen molar-refractivity contribution in [3.8, 4) is 67.3 Å². The van der Waals surface area contributed by atoms with E-state index in [0.29, 0.717) is 5.82 Å². The number of benzene rings is 7. The number of hydrogen-bond donors (Lipinski definition) is 0. The van der Waals surface area contributed by atoms with E-state index in [1.807, 2.05) is 24.3 Å². The normalized spacial score (nSPS) is 14.3. The molecule has 0 unspecified atom stereocenters. The molecule has 0 N–H and O–H groups in total. The van der Waals surface area contributed by atoms with Crippen molar-refractivity contribution in [1.82, 2.24) is 9.97 Å². The molecule has 2 aliphatic carbocycles. The maximum Gasteiger partial charge on any atom is 0.160 e. The standard InChI is InChI=1S/C52H38N2O/c1-4-13-34(14-5-1)35-21-23-36(24-22-35)46-33-47(54-51(53-46)37-15-6-2-7-16-37)39-26-28-49-44(32-39)43-31-38(25-27-48(43)55-49)40-18-12-19-42-41-17-8-9-20-45(41)52(50(40)42)29-10-3-11-30-52/h1-2,4-9,12-28,31-33H,3,10-11,29-30H2. The fourth-order valence-electron chi connectivity index (χ4n) is 9.51. The number of nitrogens with zero attached hydrogens (tertiary/aromatic N) is 2. The molecular formula is C52H38N2O. The van der Waals surface area contributed by atoms with E-state index in [0.717, 1.165) is 50.0 Å². The van der Waals surface area contributed by atoms with Crippen LogP contribution in [0.4, 0.5) is 0 Å². The Labute approximate surface area is 321 Å². The Balaban J connectivity index is 1.04. The molecule has 1 saturated carbocycles. The van der Waals surface area contributed by atoms with Gasteiger partial charge in [0.05, 0.1) is 11.4 Å². The molecule has 0 radical (unpaired) electrons. The second kappa shape index (κ2) is 12.8. The van der Waals surface area contributed by atoms with Gasteiger partial charge in [-0.25, -0.2) is 9.97 Å². The SMILES string of the molecule is c1ccc(-c2ccc(-c3cc(-c4ccc5oc6ccc(-c7cccc8c7C7(CCCCC7)c7ccccc7-8)cc6c5c4)nc(-c4ccccc4)n3)cc2)cc1. The molecular weight excluding hydrogens is 669 g/mol. The van der Waals surface area contributed by atoms with Gasteiger partial charge in [0.25, 0.3) is 0 Å². The molecule has 3 nitrogen and oxygen atoms in total. The third-order valence-electron chi connectivity index (χ3n) is 12.1. The molecule has 0 aliphatic heterocycles. The van der Waals surface area contributed by atoms with Crippen LogP contribution in [0.25, 0.3) is 89.2 Å². The molecule has 0 bridgehead atoms. The summed E-state index contributed by atoms with van der Waals surface area (Å²) in [4.78, 5) is 10.3. The molecule has 55 heavy (non-hydrogen) atoms. The predicted octanol–water partition coefficient (Wildman–Crippen LogP) is 13.9. The van der Waals surface area contributed by atoms with Crippen molar-refractivity contribution in [3.05, 3.63) is 181 Å². The molecule has 7 aromatic carbocycles. The summed E-state index contributed by atoms with van der Waals surface area (Å²) in [7, 11) is 0. The first-order chi connectivity index (χ1) is 27.2. The Kier molecular flexibility index (Phi) is 7.41. The second-order valence-corrected chi connectivity index (χ2v) is 15.2. The first-order valence-electron chi connectivity index (χ1n) is 19.5. The minimum absolute atomic E-state index is 0.0738. The van der Waals surface area contributed by atoms with Gasteiger partial charge < -0.3 is 4.42 Å². The van der Waals surface area contributed by atoms with E-state index in [4.69, 9.17) is 14.4 Å². The first-order valence-corrected chi connectivity index (χ1v) is 19.5. The van der Waals surface area contributed by atoms with Crippen LogP contribution in [0.3, 0.4) is 0 Å². The Morgan fingerprint density at radius 3 is 1.69 bits per heavy atom. The highest BCUT2D eigenvalue weighted by atomic mass is 16.3. The van der Waals surface area contributed by atoms with Crippen molar-refractivity contribution < 1.29 is 4.42 Å². The highest BCUT2D eigenvalue weighted by Gasteiger charge is 2.45. The van der Waals surface area contributed by atoms with Gasteiger partial charge in [-0.05, 0) is 93.7 Å². The lowest BCUT2D eigenvalue weighted by molar-refractivity contribution is 0.353. The summed E-state index contributed by atoms with van der Waals surface area (Å²) in [6.45, 7) is 0. The molecule has 2 aromatic heterocycles. The lowest BCUT2D eigenvalue weighted by Gasteiger charge is -2.37. The van der Waals surface area contributed by atoms with Crippen molar-refractivity contribution in [1.29, 1.82) is 0 Å². The maximum absolute atomic E-state index is 6.49. The minimum Gasteiger partial charge on any atom is -0.456 e. The third kappa shape index (κ3) is 5.26. The molecule has 1 fully saturated rings. The van der Waals surface area contributed by atoms with Crippen molar-refractivity contribution in [2.24, 2.45) is 0 Å². The summed E-state index contributed by atoms with van der Waals surface area (Å²) >= 11 is 0. The highest BCUT2D eigenvalue weighted by Crippen LogP contribution is 2.58. The first kappa shape index (κ1) is 31.9. The van der Waals surface area contributed by atoms with Crippen molar-refractivity contribution >= 4 is 21.9 Å². The van der Waals surface area contributed by atoms with E-state index < -0.39 is 0 Å². The average Bonchev–Trinajstić information content (AvgIpc) is 3.76. The summed E-state index contributed by atoms with van der Waals surface area (Å²) in [6.07, 6.45) is 6.27. The van der Waals surface area contributed by atoms with Crippen LogP contribution in [0.2, 0.25) is 0 Å². The fourth-order valence-corrected chi connectivity index (χ4v) is 9.51. The predicted molar refractivity (Wildman–Crippen MR) is 226 cm³/mol. The topological polar surface area (TPSA) is 38.9 Å².